The van der Waals surface area contributed by atoms with E-state index in [1.807, 2.05) is 25.1 Å². The Labute approximate surface area is 159 Å². The maximum Gasteiger partial charge on any atom is 0.226 e. The highest BCUT2D eigenvalue weighted by Crippen LogP contribution is 2.19. The van der Waals surface area contributed by atoms with Gasteiger partial charge in [-0.1, -0.05) is 42.0 Å². The number of amides is 2. The molecule has 27 heavy (non-hydrogen) atoms. The normalized spacial score (nSPS) is 14.8. The molecule has 1 N–H and O–H groups in total. The molecular formula is C22H25FN2O2. The third-order valence-corrected chi connectivity index (χ3v) is 5.01. The molecular weight excluding hydrogens is 343 g/mol. The Morgan fingerprint density at radius 2 is 1.78 bits per heavy atom. The lowest BCUT2D eigenvalue weighted by atomic mass is 9.95. The first-order valence-corrected chi connectivity index (χ1v) is 9.37. The molecule has 0 radical (unpaired) electrons. The summed E-state index contributed by atoms with van der Waals surface area (Å²) in [6, 6.07) is 14.2. The third kappa shape index (κ3) is 5.39. The fraction of sp³-hybridized carbons (Fsp3) is 0.364. The first-order chi connectivity index (χ1) is 13.0. The SMILES string of the molecule is Cc1cccc(CNC(=O)C2CCN(C(=O)Cc3cccc(F)c3)CC2)c1. The van der Waals surface area contributed by atoms with Crippen molar-refractivity contribution >= 4 is 11.8 Å². The number of likely N-dealkylation sites (tertiary alicyclic amines) is 1. The summed E-state index contributed by atoms with van der Waals surface area (Å²) in [5.74, 6) is -0.356. The second kappa shape index (κ2) is 8.80. The predicted octanol–water partition coefficient (Wildman–Crippen LogP) is 3.23. The number of piperidine rings is 1. The van der Waals surface area contributed by atoms with Gasteiger partial charge in [0.05, 0.1) is 6.42 Å². The van der Waals surface area contributed by atoms with Crippen LogP contribution in [0.2, 0.25) is 0 Å². The Kier molecular flexibility index (Phi) is 6.22. The number of halogens is 1. The van der Waals surface area contributed by atoms with Crippen molar-refractivity contribution in [1.82, 2.24) is 10.2 Å². The first-order valence-electron chi connectivity index (χ1n) is 9.37. The smallest absolute Gasteiger partial charge is 0.226 e. The molecule has 0 saturated carbocycles. The van der Waals surface area contributed by atoms with Crippen molar-refractivity contribution in [2.45, 2.75) is 32.7 Å². The van der Waals surface area contributed by atoms with E-state index in [1.54, 1.807) is 17.0 Å². The number of carbonyl (C=O) groups excluding carboxylic acids is 2. The molecule has 0 bridgehead atoms. The zero-order chi connectivity index (χ0) is 19.2. The molecule has 5 heteroatoms. The van der Waals surface area contributed by atoms with Gasteiger partial charge in [0.1, 0.15) is 5.82 Å². The summed E-state index contributed by atoms with van der Waals surface area (Å²) in [6.45, 7) is 3.69. The van der Waals surface area contributed by atoms with Crippen LogP contribution in [0.15, 0.2) is 48.5 Å². The van der Waals surface area contributed by atoms with Gasteiger partial charge in [0, 0.05) is 25.6 Å². The maximum absolute atomic E-state index is 13.2. The van der Waals surface area contributed by atoms with Crippen LogP contribution in [-0.4, -0.2) is 29.8 Å². The highest BCUT2D eigenvalue weighted by molar-refractivity contribution is 5.81. The van der Waals surface area contributed by atoms with Gasteiger partial charge in [-0.15, -0.1) is 0 Å². The van der Waals surface area contributed by atoms with Crippen molar-refractivity contribution in [2.24, 2.45) is 5.92 Å². The van der Waals surface area contributed by atoms with Crippen LogP contribution >= 0.6 is 0 Å². The molecule has 1 aliphatic rings. The Morgan fingerprint density at radius 3 is 2.48 bits per heavy atom. The number of hydrogen-bond acceptors (Lipinski definition) is 2. The zero-order valence-electron chi connectivity index (χ0n) is 15.6. The van der Waals surface area contributed by atoms with Crippen molar-refractivity contribution < 1.29 is 14.0 Å². The van der Waals surface area contributed by atoms with Crippen LogP contribution in [0.1, 0.15) is 29.5 Å². The number of nitrogens with zero attached hydrogens (tertiary/aromatic N) is 1. The fourth-order valence-electron chi connectivity index (χ4n) is 3.48. The van der Waals surface area contributed by atoms with E-state index in [9.17, 15) is 14.0 Å². The lowest BCUT2D eigenvalue weighted by molar-refractivity contribution is -0.135. The zero-order valence-corrected chi connectivity index (χ0v) is 15.6. The molecule has 1 saturated heterocycles. The van der Waals surface area contributed by atoms with Crippen molar-refractivity contribution in [1.29, 1.82) is 0 Å². The summed E-state index contributed by atoms with van der Waals surface area (Å²) >= 11 is 0. The Hall–Kier alpha value is -2.69. The van der Waals surface area contributed by atoms with Gasteiger partial charge in [-0.25, -0.2) is 4.39 Å². The largest absolute Gasteiger partial charge is 0.352 e. The fourth-order valence-corrected chi connectivity index (χ4v) is 3.48. The molecule has 0 unspecified atom stereocenters. The average Bonchev–Trinajstić information content (AvgIpc) is 2.66. The van der Waals surface area contributed by atoms with Gasteiger partial charge < -0.3 is 10.2 Å². The molecule has 0 spiro atoms. The molecule has 2 amide bonds. The second-order valence-corrected chi connectivity index (χ2v) is 7.17. The van der Waals surface area contributed by atoms with Crippen LogP contribution < -0.4 is 5.32 Å². The summed E-state index contributed by atoms with van der Waals surface area (Å²) in [7, 11) is 0. The Morgan fingerprint density at radius 1 is 1.07 bits per heavy atom. The molecule has 1 fully saturated rings. The summed E-state index contributed by atoms with van der Waals surface area (Å²) in [6.07, 6.45) is 1.52. The van der Waals surface area contributed by atoms with E-state index in [1.165, 1.54) is 17.7 Å². The molecule has 0 atom stereocenters. The monoisotopic (exact) mass is 368 g/mol. The van der Waals surface area contributed by atoms with Crippen molar-refractivity contribution in [2.75, 3.05) is 13.1 Å². The van der Waals surface area contributed by atoms with Crippen LogP contribution in [0, 0.1) is 18.7 Å². The van der Waals surface area contributed by atoms with E-state index < -0.39 is 0 Å². The topological polar surface area (TPSA) is 49.4 Å². The van der Waals surface area contributed by atoms with Gasteiger partial charge in [0.15, 0.2) is 0 Å². The quantitative estimate of drug-likeness (QED) is 0.881. The van der Waals surface area contributed by atoms with Gasteiger partial charge in [0.25, 0.3) is 0 Å². The van der Waals surface area contributed by atoms with Gasteiger partial charge in [0.2, 0.25) is 11.8 Å². The lowest BCUT2D eigenvalue weighted by Crippen LogP contribution is -2.43. The van der Waals surface area contributed by atoms with E-state index in [-0.39, 0.29) is 30.0 Å². The minimum Gasteiger partial charge on any atom is -0.352 e. The highest BCUT2D eigenvalue weighted by Gasteiger charge is 2.27. The number of nitrogens with one attached hydrogen (secondary N) is 1. The number of carbonyl (C=O) groups is 2. The van der Waals surface area contributed by atoms with Gasteiger partial charge in [-0.2, -0.15) is 0 Å². The minimum atomic E-state index is -0.329. The number of rotatable bonds is 5. The Bertz CT molecular complexity index is 813. The third-order valence-electron chi connectivity index (χ3n) is 5.01. The molecule has 1 aliphatic heterocycles. The molecule has 2 aromatic rings. The molecule has 0 aromatic heterocycles. The van der Waals surface area contributed by atoms with Crippen molar-refractivity contribution in [3.63, 3.8) is 0 Å². The van der Waals surface area contributed by atoms with E-state index in [4.69, 9.17) is 0 Å². The lowest BCUT2D eigenvalue weighted by Gasteiger charge is -2.31. The molecule has 1 heterocycles. The van der Waals surface area contributed by atoms with Crippen molar-refractivity contribution in [3.05, 3.63) is 71.0 Å². The van der Waals surface area contributed by atoms with Crippen LogP contribution in [-0.2, 0) is 22.6 Å². The summed E-state index contributed by atoms with van der Waals surface area (Å²) < 4.78 is 13.2. The molecule has 3 rings (SSSR count). The van der Waals surface area contributed by atoms with Crippen LogP contribution in [0.3, 0.4) is 0 Å². The summed E-state index contributed by atoms with van der Waals surface area (Å²) in [5, 5.41) is 3.00. The van der Waals surface area contributed by atoms with Gasteiger partial charge in [-0.3, -0.25) is 9.59 Å². The highest BCUT2D eigenvalue weighted by atomic mass is 19.1. The average molecular weight is 368 g/mol. The predicted molar refractivity (Wildman–Crippen MR) is 102 cm³/mol. The summed E-state index contributed by atoms with van der Waals surface area (Å²) in [4.78, 5) is 26.6. The maximum atomic E-state index is 13.2. The van der Waals surface area contributed by atoms with E-state index in [0.29, 0.717) is 38.0 Å². The molecule has 0 aliphatic carbocycles. The van der Waals surface area contributed by atoms with Crippen LogP contribution in [0.4, 0.5) is 4.39 Å². The number of hydrogen-bond donors (Lipinski definition) is 1. The van der Waals surface area contributed by atoms with Crippen LogP contribution in [0.25, 0.3) is 0 Å². The van der Waals surface area contributed by atoms with Crippen molar-refractivity contribution in [3.8, 4) is 0 Å². The van der Waals surface area contributed by atoms with Crippen LogP contribution in [0.5, 0.6) is 0 Å². The van der Waals surface area contributed by atoms with E-state index in [0.717, 1.165) is 5.56 Å². The van der Waals surface area contributed by atoms with E-state index >= 15 is 0 Å². The first kappa shape index (κ1) is 19.1. The Balaban J connectivity index is 1.45. The molecule has 2 aromatic carbocycles. The van der Waals surface area contributed by atoms with E-state index in [2.05, 4.69) is 11.4 Å². The van der Waals surface area contributed by atoms with Gasteiger partial charge >= 0.3 is 0 Å². The molecule has 142 valence electrons. The van der Waals surface area contributed by atoms with Gasteiger partial charge in [-0.05, 0) is 43.0 Å². The standard InChI is InChI=1S/C22H25FN2O2/c1-16-4-2-6-18(12-16)15-24-22(27)19-8-10-25(11-9-19)21(26)14-17-5-3-7-20(23)13-17/h2-7,12-13,19H,8-11,14-15H2,1H3,(H,24,27). The molecule has 4 nitrogen and oxygen atoms in total. The summed E-state index contributed by atoms with van der Waals surface area (Å²) in [5.41, 5.74) is 2.94. The number of benzene rings is 2. The second-order valence-electron chi connectivity index (χ2n) is 7.17. The number of aryl methyl sites for hydroxylation is 1. The minimum absolute atomic E-state index is 0.0146.